The van der Waals surface area contributed by atoms with Gasteiger partial charge in [0.05, 0.1) is 5.02 Å². The average Bonchev–Trinajstić information content (AvgIpc) is 2.08. The lowest BCUT2D eigenvalue weighted by atomic mass is 10.0. The highest BCUT2D eigenvalue weighted by molar-refractivity contribution is 9.10. The van der Waals surface area contributed by atoms with Crippen molar-refractivity contribution < 1.29 is 0 Å². The van der Waals surface area contributed by atoms with Crippen molar-refractivity contribution in [1.29, 1.82) is 0 Å². The minimum absolute atomic E-state index is 0.315. The fourth-order valence-corrected chi connectivity index (χ4v) is 1.72. The maximum Gasteiger partial charge on any atom is 0.0583 e. The van der Waals surface area contributed by atoms with Crippen LogP contribution in [0, 0.1) is 0 Å². The van der Waals surface area contributed by atoms with E-state index in [2.05, 4.69) is 22.9 Å². The van der Waals surface area contributed by atoms with E-state index in [0.717, 1.165) is 15.1 Å². The van der Waals surface area contributed by atoms with Gasteiger partial charge in [0.25, 0.3) is 0 Å². The molecule has 1 aromatic rings. The predicted octanol–water partition coefficient (Wildman–Crippen LogP) is 3.16. The molecule has 0 saturated carbocycles. The van der Waals surface area contributed by atoms with E-state index in [4.69, 9.17) is 17.3 Å². The molecule has 0 aliphatic rings. The Morgan fingerprint density at radius 1 is 1.58 bits per heavy atom. The zero-order valence-electron chi connectivity index (χ0n) is 6.85. The number of hydrogen-bond acceptors (Lipinski definition) is 1. The molecule has 1 aromatic carbocycles. The quantitative estimate of drug-likeness (QED) is 0.855. The van der Waals surface area contributed by atoms with E-state index >= 15 is 0 Å². The van der Waals surface area contributed by atoms with Crippen LogP contribution >= 0.6 is 27.5 Å². The van der Waals surface area contributed by atoms with Crippen molar-refractivity contribution in [2.75, 3.05) is 6.54 Å². The first-order valence-corrected chi connectivity index (χ1v) is 4.98. The molecule has 3 heteroatoms. The van der Waals surface area contributed by atoms with Gasteiger partial charge in [0.2, 0.25) is 0 Å². The summed E-state index contributed by atoms with van der Waals surface area (Å²) in [5.41, 5.74) is 6.65. The summed E-state index contributed by atoms with van der Waals surface area (Å²) in [6, 6.07) is 5.90. The van der Waals surface area contributed by atoms with Crippen LogP contribution in [0.1, 0.15) is 18.4 Å². The van der Waals surface area contributed by atoms with Crippen LogP contribution in [0.5, 0.6) is 0 Å². The number of hydrogen-bond donors (Lipinski definition) is 1. The van der Waals surface area contributed by atoms with E-state index in [0.29, 0.717) is 12.5 Å². The van der Waals surface area contributed by atoms with Crippen molar-refractivity contribution in [2.45, 2.75) is 12.8 Å². The molecule has 1 atom stereocenters. The van der Waals surface area contributed by atoms with Gasteiger partial charge in [-0.1, -0.05) is 30.7 Å². The van der Waals surface area contributed by atoms with E-state index in [1.54, 1.807) is 0 Å². The van der Waals surface area contributed by atoms with Crippen LogP contribution < -0.4 is 5.73 Å². The number of halogens is 2. The van der Waals surface area contributed by atoms with Crippen molar-refractivity contribution in [3.8, 4) is 0 Å². The molecule has 0 amide bonds. The lowest BCUT2D eigenvalue weighted by Gasteiger charge is -2.11. The van der Waals surface area contributed by atoms with Crippen LogP contribution in [-0.4, -0.2) is 6.54 Å². The van der Waals surface area contributed by atoms with Gasteiger partial charge in [-0.15, -0.1) is 0 Å². The highest BCUT2D eigenvalue weighted by Gasteiger charge is 2.09. The zero-order chi connectivity index (χ0) is 9.14. The van der Waals surface area contributed by atoms with Crippen molar-refractivity contribution in [1.82, 2.24) is 0 Å². The van der Waals surface area contributed by atoms with E-state index < -0.39 is 0 Å². The maximum atomic E-state index is 6.06. The third kappa shape index (κ3) is 2.00. The van der Waals surface area contributed by atoms with Crippen LogP contribution in [0.4, 0.5) is 0 Å². The largest absolute Gasteiger partial charge is 0.330 e. The van der Waals surface area contributed by atoms with Crippen LogP contribution in [0.3, 0.4) is 0 Å². The summed E-state index contributed by atoms with van der Waals surface area (Å²) >= 11 is 9.44. The van der Waals surface area contributed by atoms with Crippen LogP contribution in [-0.2, 0) is 0 Å². The molecule has 0 aromatic heterocycles. The van der Waals surface area contributed by atoms with E-state index in [1.807, 2.05) is 18.2 Å². The second kappa shape index (κ2) is 4.26. The second-order valence-electron chi connectivity index (χ2n) is 2.78. The predicted molar refractivity (Wildman–Crippen MR) is 56.6 cm³/mol. The fourth-order valence-electron chi connectivity index (χ4n) is 1.03. The highest BCUT2D eigenvalue weighted by Crippen LogP contribution is 2.30. The molecule has 0 aliphatic carbocycles. The molecule has 1 unspecified atom stereocenters. The number of rotatable bonds is 2. The molecule has 0 bridgehead atoms. The van der Waals surface area contributed by atoms with Crippen molar-refractivity contribution in [3.05, 3.63) is 33.3 Å². The summed E-state index contributed by atoms with van der Waals surface area (Å²) in [6.07, 6.45) is 0. The lowest BCUT2D eigenvalue weighted by molar-refractivity contribution is 0.774. The van der Waals surface area contributed by atoms with Crippen LogP contribution in [0.15, 0.2) is 22.7 Å². The van der Waals surface area contributed by atoms with Crippen molar-refractivity contribution in [3.63, 3.8) is 0 Å². The summed E-state index contributed by atoms with van der Waals surface area (Å²) in [4.78, 5) is 0. The monoisotopic (exact) mass is 247 g/mol. The summed E-state index contributed by atoms with van der Waals surface area (Å²) in [5.74, 6) is 0.315. The van der Waals surface area contributed by atoms with Gasteiger partial charge in [-0.3, -0.25) is 0 Å². The molecular formula is C9H11BrClN. The average molecular weight is 249 g/mol. The Labute approximate surface area is 86.0 Å². The Hall–Kier alpha value is -0.0500. The minimum atomic E-state index is 0.315. The zero-order valence-corrected chi connectivity index (χ0v) is 9.19. The molecule has 0 fully saturated rings. The van der Waals surface area contributed by atoms with Gasteiger partial charge in [-0.05, 0) is 40.0 Å². The van der Waals surface area contributed by atoms with Gasteiger partial charge in [0, 0.05) is 4.47 Å². The Balaban J connectivity index is 3.07. The maximum absolute atomic E-state index is 6.06. The first-order valence-electron chi connectivity index (χ1n) is 3.80. The third-order valence-corrected chi connectivity index (χ3v) is 3.18. The third-order valence-electron chi connectivity index (χ3n) is 1.87. The molecule has 0 spiro atoms. The van der Waals surface area contributed by atoms with Gasteiger partial charge in [0.15, 0.2) is 0 Å². The number of nitrogens with two attached hydrogens (primary N) is 1. The van der Waals surface area contributed by atoms with E-state index in [-0.39, 0.29) is 0 Å². The van der Waals surface area contributed by atoms with Crippen molar-refractivity contribution >= 4 is 27.5 Å². The molecule has 66 valence electrons. The van der Waals surface area contributed by atoms with E-state index in [9.17, 15) is 0 Å². The molecule has 1 nitrogen and oxygen atoms in total. The topological polar surface area (TPSA) is 26.0 Å². The molecule has 0 heterocycles. The molecule has 12 heavy (non-hydrogen) atoms. The van der Waals surface area contributed by atoms with E-state index in [1.165, 1.54) is 0 Å². The lowest BCUT2D eigenvalue weighted by Crippen LogP contribution is -2.09. The number of benzene rings is 1. The summed E-state index contributed by atoms with van der Waals surface area (Å²) in [5, 5.41) is 0.774. The van der Waals surface area contributed by atoms with Gasteiger partial charge >= 0.3 is 0 Å². The van der Waals surface area contributed by atoms with Gasteiger partial charge in [-0.25, -0.2) is 0 Å². The van der Waals surface area contributed by atoms with Gasteiger partial charge in [-0.2, -0.15) is 0 Å². The minimum Gasteiger partial charge on any atom is -0.330 e. The Kier molecular flexibility index (Phi) is 3.56. The Bertz CT molecular complexity index is 275. The highest BCUT2D eigenvalue weighted by atomic mass is 79.9. The van der Waals surface area contributed by atoms with Crippen LogP contribution in [0.25, 0.3) is 0 Å². The summed E-state index contributed by atoms with van der Waals surface area (Å²) in [7, 11) is 0. The SMILES string of the molecule is CC(CN)c1cccc(Br)c1Cl. The Morgan fingerprint density at radius 3 is 2.83 bits per heavy atom. The van der Waals surface area contributed by atoms with Gasteiger partial charge < -0.3 is 5.73 Å². The smallest absolute Gasteiger partial charge is 0.0583 e. The molecular weight excluding hydrogens is 237 g/mol. The van der Waals surface area contributed by atoms with Gasteiger partial charge in [0.1, 0.15) is 0 Å². The first-order chi connectivity index (χ1) is 5.66. The molecule has 1 rings (SSSR count). The Morgan fingerprint density at radius 2 is 2.25 bits per heavy atom. The second-order valence-corrected chi connectivity index (χ2v) is 4.01. The molecule has 0 saturated heterocycles. The molecule has 0 aliphatic heterocycles. The summed E-state index contributed by atoms with van der Waals surface area (Å²) < 4.78 is 0.932. The molecule has 0 radical (unpaired) electrons. The van der Waals surface area contributed by atoms with Crippen molar-refractivity contribution in [2.24, 2.45) is 5.73 Å². The standard InChI is InChI=1S/C9H11BrClN/c1-6(5-12)7-3-2-4-8(10)9(7)11/h2-4,6H,5,12H2,1H3. The molecule has 2 N–H and O–H groups in total. The normalized spacial score (nSPS) is 13.0. The fraction of sp³-hybridized carbons (Fsp3) is 0.333. The first kappa shape index (κ1) is 10.0. The van der Waals surface area contributed by atoms with Crippen LogP contribution in [0.2, 0.25) is 5.02 Å². The summed E-state index contributed by atoms with van der Waals surface area (Å²) in [6.45, 7) is 2.68.